The molecular weight excluding hydrogens is 336 g/mol. The van der Waals surface area contributed by atoms with E-state index in [1.54, 1.807) is 26.0 Å². The van der Waals surface area contributed by atoms with Crippen LogP contribution >= 0.6 is 11.8 Å². The van der Waals surface area contributed by atoms with Crippen molar-refractivity contribution in [3.8, 4) is 11.5 Å². The van der Waals surface area contributed by atoms with Crippen molar-refractivity contribution in [1.82, 2.24) is 10.2 Å². The molecule has 25 heavy (non-hydrogen) atoms. The maximum Gasteiger partial charge on any atom is 0.276 e. The number of aryl methyl sites for hydroxylation is 1. The fourth-order valence-electron chi connectivity index (χ4n) is 2.33. The summed E-state index contributed by atoms with van der Waals surface area (Å²) in [5.74, 6) is 3.22. The zero-order valence-corrected chi connectivity index (χ0v) is 15.1. The molecular formula is C19H20N2O3S. The van der Waals surface area contributed by atoms with Gasteiger partial charge in [-0.25, -0.2) is 0 Å². The maximum atomic E-state index is 5.71. The minimum Gasteiger partial charge on any atom is -0.497 e. The van der Waals surface area contributed by atoms with Crippen molar-refractivity contribution >= 4 is 11.8 Å². The van der Waals surface area contributed by atoms with E-state index in [4.69, 9.17) is 13.9 Å². The smallest absolute Gasteiger partial charge is 0.276 e. The number of ether oxygens (including phenoxy) is 2. The SMILES string of the molecule is COc1ccc(CCSc2nnc(Cc3ccc(OC)cc3)o2)cc1. The molecule has 0 saturated heterocycles. The average Bonchev–Trinajstić information content (AvgIpc) is 3.10. The number of benzene rings is 2. The van der Waals surface area contributed by atoms with Gasteiger partial charge in [-0.2, -0.15) is 0 Å². The molecule has 0 N–H and O–H groups in total. The predicted octanol–water partition coefficient (Wildman–Crippen LogP) is 4.01. The van der Waals surface area contributed by atoms with Crippen LogP contribution in [0.4, 0.5) is 0 Å². The molecule has 1 heterocycles. The molecule has 3 rings (SSSR count). The zero-order chi connectivity index (χ0) is 17.5. The Bertz CT molecular complexity index is 785. The Balaban J connectivity index is 1.49. The fraction of sp³-hybridized carbons (Fsp3) is 0.263. The van der Waals surface area contributed by atoms with Gasteiger partial charge in [-0.1, -0.05) is 36.0 Å². The lowest BCUT2D eigenvalue weighted by molar-refractivity contribution is 0.413. The van der Waals surface area contributed by atoms with E-state index in [2.05, 4.69) is 22.3 Å². The molecule has 0 radical (unpaired) electrons. The highest BCUT2D eigenvalue weighted by Crippen LogP contribution is 2.20. The molecule has 0 fully saturated rings. The Morgan fingerprint density at radius 2 is 1.44 bits per heavy atom. The Morgan fingerprint density at radius 1 is 0.840 bits per heavy atom. The first kappa shape index (κ1) is 17.4. The Hall–Kier alpha value is -2.47. The van der Waals surface area contributed by atoms with E-state index < -0.39 is 0 Å². The second kappa shape index (κ2) is 8.58. The number of methoxy groups -OCH3 is 2. The number of nitrogens with zero attached hydrogens (tertiary/aromatic N) is 2. The predicted molar refractivity (Wildman–Crippen MR) is 97.5 cm³/mol. The summed E-state index contributed by atoms with van der Waals surface area (Å²) in [7, 11) is 3.33. The summed E-state index contributed by atoms with van der Waals surface area (Å²) in [6, 6.07) is 15.9. The number of aromatic nitrogens is 2. The molecule has 0 aliphatic carbocycles. The van der Waals surface area contributed by atoms with E-state index in [1.807, 2.05) is 36.4 Å². The van der Waals surface area contributed by atoms with Gasteiger partial charge < -0.3 is 13.9 Å². The van der Waals surface area contributed by atoms with Crippen molar-refractivity contribution < 1.29 is 13.9 Å². The minimum atomic E-state index is 0.608. The van der Waals surface area contributed by atoms with Gasteiger partial charge in [0.25, 0.3) is 5.22 Å². The van der Waals surface area contributed by atoms with Crippen LogP contribution in [0.5, 0.6) is 11.5 Å². The van der Waals surface area contributed by atoms with Crippen molar-refractivity contribution in [2.75, 3.05) is 20.0 Å². The number of rotatable bonds is 8. The second-order valence-electron chi connectivity index (χ2n) is 5.43. The Kier molecular flexibility index (Phi) is 5.95. The molecule has 0 spiro atoms. The van der Waals surface area contributed by atoms with E-state index in [0.717, 1.165) is 29.2 Å². The van der Waals surface area contributed by atoms with Crippen molar-refractivity contribution in [2.24, 2.45) is 0 Å². The van der Waals surface area contributed by atoms with Crippen LogP contribution in [0.3, 0.4) is 0 Å². The average molecular weight is 356 g/mol. The van der Waals surface area contributed by atoms with Gasteiger partial charge in [-0.3, -0.25) is 0 Å². The van der Waals surface area contributed by atoms with Crippen LogP contribution in [0.1, 0.15) is 17.0 Å². The van der Waals surface area contributed by atoms with Gasteiger partial charge in [-0.15, -0.1) is 10.2 Å². The van der Waals surface area contributed by atoms with Crippen LogP contribution in [0.25, 0.3) is 0 Å². The maximum absolute atomic E-state index is 5.71. The molecule has 0 bridgehead atoms. The molecule has 1 aromatic heterocycles. The van der Waals surface area contributed by atoms with Gasteiger partial charge in [0.05, 0.1) is 20.6 Å². The van der Waals surface area contributed by atoms with Crippen LogP contribution < -0.4 is 9.47 Å². The van der Waals surface area contributed by atoms with Gasteiger partial charge in [0.15, 0.2) is 0 Å². The third-order valence-electron chi connectivity index (χ3n) is 3.74. The third kappa shape index (κ3) is 5.00. The van der Waals surface area contributed by atoms with E-state index >= 15 is 0 Å². The fourth-order valence-corrected chi connectivity index (χ4v) is 3.10. The van der Waals surface area contributed by atoms with E-state index in [0.29, 0.717) is 17.5 Å². The zero-order valence-electron chi connectivity index (χ0n) is 14.3. The molecule has 6 heteroatoms. The first-order valence-corrected chi connectivity index (χ1v) is 8.96. The van der Waals surface area contributed by atoms with Crippen LogP contribution in [-0.2, 0) is 12.8 Å². The highest BCUT2D eigenvalue weighted by atomic mass is 32.2. The van der Waals surface area contributed by atoms with E-state index in [-0.39, 0.29) is 0 Å². The van der Waals surface area contributed by atoms with Crippen LogP contribution in [-0.4, -0.2) is 30.2 Å². The highest BCUT2D eigenvalue weighted by Gasteiger charge is 2.08. The normalized spacial score (nSPS) is 10.6. The summed E-state index contributed by atoms with van der Waals surface area (Å²) in [5.41, 5.74) is 2.37. The van der Waals surface area contributed by atoms with Gasteiger partial charge in [0, 0.05) is 5.75 Å². The van der Waals surface area contributed by atoms with Crippen molar-refractivity contribution in [2.45, 2.75) is 18.1 Å². The number of thioether (sulfide) groups is 1. The number of hydrogen-bond donors (Lipinski definition) is 0. The van der Waals surface area contributed by atoms with Gasteiger partial charge >= 0.3 is 0 Å². The molecule has 0 atom stereocenters. The molecule has 5 nitrogen and oxygen atoms in total. The third-order valence-corrected chi connectivity index (χ3v) is 4.56. The highest BCUT2D eigenvalue weighted by molar-refractivity contribution is 7.99. The van der Waals surface area contributed by atoms with Gasteiger partial charge in [0.2, 0.25) is 5.89 Å². The van der Waals surface area contributed by atoms with Crippen molar-refractivity contribution in [3.05, 3.63) is 65.5 Å². The van der Waals surface area contributed by atoms with Crippen LogP contribution in [0, 0.1) is 0 Å². The summed E-state index contributed by atoms with van der Waals surface area (Å²) >= 11 is 1.57. The molecule has 3 aromatic rings. The van der Waals surface area contributed by atoms with E-state index in [1.165, 1.54) is 5.56 Å². The lowest BCUT2D eigenvalue weighted by Crippen LogP contribution is -1.89. The van der Waals surface area contributed by atoms with Crippen LogP contribution in [0.2, 0.25) is 0 Å². The molecule has 0 amide bonds. The summed E-state index contributed by atoms with van der Waals surface area (Å²) in [4.78, 5) is 0. The van der Waals surface area contributed by atoms with Gasteiger partial charge in [0.1, 0.15) is 11.5 Å². The summed E-state index contributed by atoms with van der Waals surface area (Å²) in [5, 5.41) is 8.83. The topological polar surface area (TPSA) is 57.4 Å². The molecule has 2 aromatic carbocycles. The monoisotopic (exact) mass is 356 g/mol. The van der Waals surface area contributed by atoms with Crippen LogP contribution in [0.15, 0.2) is 58.2 Å². The lowest BCUT2D eigenvalue weighted by atomic mass is 10.1. The van der Waals surface area contributed by atoms with Gasteiger partial charge in [-0.05, 0) is 41.8 Å². The standard InChI is InChI=1S/C19H20N2O3S/c1-22-16-7-3-14(4-8-16)11-12-25-19-21-20-18(24-19)13-15-5-9-17(23-2)10-6-15/h3-10H,11-13H2,1-2H3. The molecule has 130 valence electrons. The Labute approximate surface area is 151 Å². The van der Waals surface area contributed by atoms with Crippen molar-refractivity contribution in [3.63, 3.8) is 0 Å². The lowest BCUT2D eigenvalue weighted by Gasteiger charge is -2.02. The summed E-state index contributed by atoms with van der Waals surface area (Å²) in [6.45, 7) is 0. The largest absolute Gasteiger partial charge is 0.497 e. The molecule has 0 unspecified atom stereocenters. The molecule has 0 aliphatic rings. The summed E-state index contributed by atoms with van der Waals surface area (Å²) < 4.78 is 16.0. The second-order valence-corrected chi connectivity index (χ2v) is 6.48. The van der Waals surface area contributed by atoms with Crippen molar-refractivity contribution in [1.29, 1.82) is 0 Å². The summed E-state index contributed by atoms with van der Waals surface area (Å²) in [6.07, 6.45) is 1.56. The first-order valence-electron chi connectivity index (χ1n) is 7.98. The van der Waals surface area contributed by atoms with E-state index in [9.17, 15) is 0 Å². The molecule has 0 saturated carbocycles. The number of hydrogen-bond acceptors (Lipinski definition) is 6. The Morgan fingerprint density at radius 3 is 2.04 bits per heavy atom. The molecule has 0 aliphatic heterocycles. The quantitative estimate of drug-likeness (QED) is 0.568. The minimum absolute atomic E-state index is 0.608. The first-order chi connectivity index (χ1) is 12.3.